The molecule has 118 valence electrons. The van der Waals surface area contributed by atoms with Gasteiger partial charge in [0.1, 0.15) is 5.82 Å². The Morgan fingerprint density at radius 2 is 1.95 bits per heavy atom. The highest BCUT2D eigenvalue weighted by molar-refractivity contribution is 5.82. The van der Waals surface area contributed by atoms with Crippen LogP contribution >= 0.6 is 0 Å². The number of aliphatic hydroxyl groups is 1. The molecule has 1 fully saturated rings. The van der Waals surface area contributed by atoms with Crippen molar-refractivity contribution in [3.05, 3.63) is 39.4 Å². The maximum Gasteiger partial charge on any atom is 0.261 e. The van der Waals surface area contributed by atoms with Crippen LogP contribution < -0.4 is 5.56 Å². The maximum absolute atomic E-state index is 12.8. The molecule has 0 aliphatic heterocycles. The molecule has 0 radical (unpaired) electrons. The molecule has 1 heterocycles. The fourth-order valence-electron chi connectivity index (χ4n) is 3.61. The van der Waals surface area contributed by atoms with E-state index in [1.807, 2.05) is 26.1 Å². The van der Waals surface area contributed by atoms with Crippen molar-refractivity contribution < 1.29 is 5.11 Å². The van der Waals surface area contributed by atoms with Crippen molar-refractivity contribution in [1.29, 1.82) is 0 Å². The molecule has 0 spiro atoms. The Morgan fingerprint density at radius 1 is 1.27 bits per heavy atom. The van der Waals surface area contributed by atoms with Crippen LogP contribution in [0.2, 0.25) is 0 Å². The van der Waals surface area contributed by atoms with E-state index in [0.29, 0.717) is 16.8 Å². The standard InChI is InChI=1S/C18H24N2O2/c1-11-9-14(12(2)21)16-15(10-11)18(22)20(3)17(19-16)13-7-5-4-6-8-13/h9-10,12-13,21H,4-8H2,1-3H3. The number of hydrogen-bond acceptors (Lipinski definition) is 3. The molecule has 1 aromatic heterocycles. The number of rotatable bonds is 2. The normalized spacial score (nSPS) is 17.8. The molecule has 4 heteroatoms. The zero-order valence-corrected chi connectivity index (χ0v) is 13.6. The first kappa shape index (κ1) is 15.2. The highest BCUT2D eigenvalue weighted by Gasteiger charge is 2.22. The minimum Gasteiger partial charge on any atom is -0.389 e. The second-order valence-corrected chi connectivity index (χ2v) is 6.60. The quantitative estimate of drug-likeness (QED) is 0.925. The molecule has 0 amide bonds. The summed E-state index contributed by atoms with van der Waals surface area (Å²) in [5, 5.41) is 10.7. The van der Waals surface area contributed by atoms with Crippen LogP contribution in [0.3, 0.4) is 0 Å². The van der Waals surface area contributed by atoms with Crippen LogP contribution in [0.5, 0.6) is 0 Å². The molecule has 1 aliphatic carbocycles. The number of hydrogen-bond donors (Lipinski definition) is 1. The van der Waals surface area contributed by atoms with Crippen molar-refractivity contribution in [2.24, 2.45) is 7.05 Å². The number of aliphatic hydroxyl groups excluding tert-OH is 1. The van der Waals surface area contributed by atoms with Crippen LogP contribution in [0.1, 0.15) is 68.0 Å². The second kappa shape index (κ2) is 5.84. The minimum absolute atomic E-state index is 0.00354. The number of aromatic nitrogens is 2. The zero-order valence-electron chi connectivity index (χ0n) is 13.6. The SMILES string of the molecule is Cc1cc(C(C)O)c2nc(C3CCCCC3)n(C)c(=O)c2c1. The van der Waals surface area contributed by atoms with Crippen LogP contribution in [-0.4, -0.2) is 14.7 Å². The summed E-state index contributed by atoms with van der Waals surface area (Å²) in [7, 11) is 1.82. The highest BCUT2D eigenvalue weighted by atomic mass is 16.3. The van der Waals surface area contributed by atoms with Crippen LogP contribution in [0, 0.1) is 6.92 Å². The van der Waals surface area contributed by atoms with Gasteiger partial charge in [0.15, 0.2) is 0 Å². The lowest BCUT2D eigenvalue weighted by atomic mass is 9.88. The molecule has 1 atom stereocenters. The summed E-state index contributed by atoms with van der Waals surface area (Å²) in [6.45, 7) is 3.67. The van der Waals surface area contributed by atoms with E-state index in [-0.39, 0.29) is 5.56 Å². The molecule has 0 bridgehead atoms. The summed E-state index contributed by atoms with van der Waals surface area (Å²) in [6.07, 6.45) is 5.26. The number of nitrogens with zero attached hydrogens (tertiary/aromatic N) is 2. The predicted octanol–water partition coefficient (Wildman–Crippen LogP) is 3.34. The van der Waals surface area contributed by atoms with Gasteiger partial charge in [-0.25, -0.2) is 4.98 Å². The average Bonchev–Trinajstić information content (AvgIpc) is 2.51. The van der Waals surface area contributed by atoms with E-state index in [4.69, 9.17) is 4.98 Å². The molecule has 1 aliphatic rings. The average molecular weight is 300 g/mol. The Labute approximate surface area is 130 Å². The predicted molar refractivity (Wildman–Crippen MR) is 88.2 cm³/mol. The second-order valence-electron chi connectivity index (χ2n) is 6.60. The summed E-state index contributed by atoms with van der Waals surface area (Å²) < 4.78 is 1.71. The van der Waals surface area contributed by atoms with Crippen molar-refractivity contribution in [1.82, 2.24) is 9.55 Å². The van der Waals surface area contributed by atoms with Crippen molar-refractivity contribution in [3.63, 3.8) is 0 Å². The van der Waals surface area contributed by atoms with Crippen molar-refractivity contribution >= 4 is 10.9 Å². The van der Waals surface area contributed by atoms with Gasteiger partial charge in [-0.3, -0.25) is 9.36 Å². The Kier molecular flexibility index (Phi) is 4.04. The van der Waals surface area contributed by atoms with E-state index < -0.39 is 6.10 Å². The molecule has 22 heavy (non-hydrogen) atoms. The van der Waals surface area contributed by atoms with Crippen LogP contribution in [0.4, 0.5) is 0 Å². The van der Waals surface area contributed by atoms with Gasteiger partial charge in [0.05, 0.1) is 17.0 Å². The summed E-state index contributed by atoms with van der Waals surface area (Å²) >= 11 is 0. The molecule has 1 saturated carbocycles. The smallest absolute Gasteiger partial charge is 0.261 e. The monoisotopic (exact) mass is 300 g/mol. The van der Waals surface area contributed by atoms with Gasteiger partial charge in [0.2, 0.25) is 0 Å². The summed E-state index contributed by atoms with van der Waals surface area (Å²) in [5.41, 5.74) is 2.40. The number of benzene rings is 1. The Balaban J connectivity index is 2.27. The first-order valence-electron chi connectivity index (χ1n) is 8.18. The molecule has 4 nitrogen and oxygen atoms in total. The van der Waals surface area contributed by atoms with Gasteiger partial charge in [-0.2, -0.15) is 0 Å². The van der Waals surface area contributed by atoms with E-state index in [1.165, 1.54) is 19.3 Å². The summed E-state index contributed by atoms with van der Waals surface area (Å²) in [5.74, 6) is 1.24. The molecular formula is C18H24N2O2. The topological polar surface area (TPSA) is 55.1 Å². The Bertz CT molecular complexity index is 756. The largest absolute Gasteiger partial charge is 0.389 e. The lowest BCUT2D eigenvalue weighted by Crippen LogP contribution is -2.26. The summed E-state index contributed by atoms with van der Waals surface area (Å²) in [4.78, 5) is 17.6. The molecule has 1 N–H and O–H groups in total. The van der Waals surface area contributed by atoms with Crippen LogP contribution in [-0.2, 0) is 7.05 Å². The van der Waals surface area contributed by atoms with Crippen LogP contribution in [0.25, 0.3) is 10.9 Å². The van der Waals surface area contributed by atoms with Gasteiger partial charge < -0.3 is 5.11 Å². The molecule has 0 saturated heterocycles. The minimum atomic E-state index is -0.624. The van der Waals surface area contributed by atoms with E-state index in [1.54, 1.807) is 11.5 Å². The third kappa shape index (κ3) is 2.56. The molecule has 1 unspecified atom stereocenters. The van der Waals surface area contributed by atoms with E-state index in [9.17, 15) is 9.90 Å². The van der Waals surface area contributed by atoms with Crippen molar-refractivity contribution in [2.45, 2.75) is 58.0 Å². The zero-order chi connectivity index (χ0) is 15.9. The maximum atomic E-state index is 12.8. The number of fused-ring (bicyclic) bond motifs is 1. The molecule has 3 rings (SSSR count). The van der Waals surface area contributed by atoms with Gasteiger partial charge in [-0.1, -0.05) is 25.3 Å². The molecule has 1 aromatic carbocycles. The van der Waals surface area contributed by atoms with Crippen LogP contribution in [0.15, 0.2) is 16.9 Å². The first-order chi connectivity index (χ1) is 10.5. The van der Waals surface area contributed by atoms with Gasteiger partial charge in [-0.15, -0.1) is 0 Å². The van der Waals surface area contributed by atoms with Crippen molar-refractivity contribution in [3.8, 4) is 0 Å². The third-order valence-corrected chi connectivity index (χ3v) is 4.81. The van der Waals surface area contributed by atoms with Crippen molar-refractivity contribution in [2.75, 3.05) is 0 Å². The van der Waals surface area contributed by atoms with Gasteiger partial charge in [0.25, 0.3) is 5.56 Å². The fourth-order valence-corrected chi connectivity index (χ4v) is 3.61. The van der Waals surface area contributed by atoms with Gasteiger partial charge in [-0.05, 0) is 38.3 Å². The molecule has 2 aromatic rings. The Morgan fingerprint density at radius 3 is 2.59 bits per heavy atom. The third-order valence-electron chi connectivity index (χ3n) is 4.81. The van der Waals surface area contributed by atoms with Gasteiger partial charge >= 0.3 is 0 Å². The van der Waals surface area contributed by atoms with E-state index in [2.05, 4.69) is 0 Å². The molecular weight excluding hydrogens is 276 g/mol. The van der Waals surface area contributed by atoms with E-state index >= 15 is 0 Å². The first-order valence-corrected chi connectivity index (χ1v) is 8.18. The lowest BCUT2D eigenvalue weighted by Gasteiger charge is -2.24. The fraction of sp³-hybridized carbons (Fsp3) is 0.556. The number of aryl methyl sites for hydroxylation is 1. The Hall–Kier alpha value is -1.68. The lowest BCUT2D eigenvalue weighted by molar-refractivity contribution is 0.200. The van der Waals surface area contributed by atoms with E-state index in [0.717, 1.165) is 29.8 Å². The van der Waals surface area contributed by atoms with Gasteiger partial charge in [0, 0.05) is 18.5 Å². The highest BCUT2D eigenvalue weighted by Crippen LogP contribution is 2.32. The summed E-state index contributed by atoms with van der Waals surface area (Å²) in [6, 6.07) is 3.81.